The second-order valence-corrected chi connectivity index (χ2v) is 5.32. The number of halogens is 1. The first-order valence-electron chi connectivity index (χ1n) is 6.12. The zero-order valence-corrected chi connectivity index (χ0v) is 12.0. The van der Waals surface area contributed by atoms with Crippen LogP contribution in [0.5, 0.6) is 0 Å². The molecular formula is C14H21ClN2O. The summed E-state index contributed by atoms with van der Waals surface area (Å²) in [5.74, 6) is -0.0117. The number of carbonyl (C=O) groups is 1. The van der Waals surface area contributed by atoms with Gasteiger partial charge in [0.05, 0.1) is 0 Å². The molecule has 0 aliphatic heterocycles. The second-order valence-electron chi connectivity index (χ2n) is 4.66. The molecule has 100 valence electrons. The first-order chi connectivity index (χ1) is 8.50. The topological polar surface area (TPSA) is 23.6 Å². The van der Waals surface area contributed by atoms with Crippen LogP contribution in [0.15, 0.2) is 30.3 Å². The third kappa shape index (κ3) is 5.07. The van der Waals surface area contributed by atoms with E-state index in [1.54, 1.807) is 6.92 Å². The molecule has 1 atom stereocenters. The minimum absolute atomic E-state index is 0.0117. The Labute approximate surface area is 114 Å². The smallest absolute Gasteiger partial charge is 0.240 e. The number of likely N-dealkylation sites (N-methyl/N-ethyl adjacent to an activating group) is 1. The molecule has 0 aliphatic rings. The van der Waals surface area contributed by atoms with Gasteiger partial charge in [0.25, 0.3) is 0 Å². The molecule has 18 heavy (non-hydrogen) atoms. The van der Waals surface area contributed by atoms with Crippen molar-refractivity contribution in [2.75, 3.05) is 27.2 Å². The molecule has 0 saturated heterocycles. The lowest BCUT2D eigenvalue weighted by Crippen LogP contribution is -2.39. The highest BCUT2D eigenvalue weighted by Crippen LogP contribution is 2.08. The van der Waals surface area contributed by atoms with Gasteiger partial charge in [-0.3, -0.25) is 4.79 Å². The van der Waals surface area contributed by atoms with Crippen molar-refractivity contribution in [3.05, 3.63) is 35.9 Å². The lowest BCUT2D eigenvalue weighted by Gasteiger charge is -2.25. The first-order valence-corrected chi connectivity index (χ1v) is 6.56. The molecule has 1 unspecified atom stereocenters. The fourth-order valence-corrected chi connectivity index (χ4v) is 1.78. The van der Waals surface area contributed by atoms with Crippen LogP contribution in [-0.2, 0) is 11.3 Å². The lowest BCUT2D eigenvalue weighted by molar-refractivity contribution is -0.131. The summed E-state index contributed by atoms with van der Waals surface area (Å²) in [5, 5.41) is -0.476. The van der Waals surface area contributed by atoms with E-state index in [2.05, 4.69) is 4.90 Å². The highest BCUT2D eigenvalue weighted by atomic mass is 35.5. The molecule has 1 rings (SSSR count). The Balaban J connectivity index is 2.68. The van der Waals surface area contributed by atoms with E-state index >= 15 is 0 Å². The Morgan fingerprint density at radius 2 is 1.83 bits per heavy atom. The van der Waals surface area contributed by atoms with Crippen LogP contribution in [0.3, 0.4) is 0 Å². The van der Waals surface area contributed by atoms with Gasteiger partial charge in [0, 0.05) is 19.6 Å². The van der Waals surface area contributed by atoms with E-state index in [9.17, 15) is 4.79 Å². The second kappa shape index (κ2) is 7.39. The number of hydrogen-bond acceptors (Lipinski definition) is 2. The number of carbonyl (C=O) groups excluding carboxylic acids is 1. The monoisotopic (exact) mass is 268 g/mol. The van der Waals surface area contributed by atoms with Crippen LogP contribution in [0, 0.1) is 0 Å². The van der Waals surface area contributed by atoms with Crippen molar-refractivity contribution in [3.8, 4) is 0 Å². The van der Waals surface area contributed by atoms with E-state index in [4.69, 9.17) is 11.6 Å². The Hall–Kier alpha value is -1.06. The summed E-state index contributed by atoms with van der Waals surface area (Å²) in [7, 11) is 3.99. The molecule has 0 spiro atoms. The van der Waals surface area contributed by atoms with Gasteiger partial charge in [0.2, 0.25) is 5.91 Å². The van der Waals surface area contributed by atoms with Crippen molar-refractivity contribution in [1.29, 1.82) is 0 Å². The van der Waals surface area contributed by atoms with Gasteiger partial charge in [0.1, 0.15) is 5.38 Å². The molecule has 0 aromatic heterocycles. The maximum absolute atomic E-state index is 12.0. The maximum atomic E-state index is 12.0. The Morgan fingerprint density at radius 1 is 1.22 bits per heavy atom. The summed E-state index contributed by atoms with van der Waals surface area (Å²) in [6, 6.07) is 9.98. The Bertz CT molecular complexity index is 365. The molecule has 0 N–H and O–H groups in total. The van der Waals surface area contributed by atoms with Gasteiger partial charge >= 0.3 is 0 Å². The van der Waals surface area contributed by atoms with E-state index in [1.807, 2.05) is 49.3 Å². The Kier molecular flexibility index (Phi) is 6.16. The van der Waals surface area contributed by atoms with Crippen LogP contribution in [-0.4, -0.2) is 48.3 Å². The predicted molar refractivity (Wildman–Crippen MR) is 75.7 cm³/mol. The minimum atomic E-state index is -0.476. The number of amides is 1. The van der Waals surface area contributed by atoms with Crippen LogP contribution in [0.4, 0.5) is 0 Å². The minimum Gasteiger partial charge on any atom is -0.336 e. The molecule has 0 saturated carbocycles. The predicted octanol–water partition coefficient (Wildman–Crippen LogP) is 2.20. The van der Waals surface area contributed by atoms with Crippen molar-refractivity contribution < 1.29 is 4.79 Å². The zero-order valence-electron chi connectivity index (χ0n) is 11.3. The van der Waals surface area contributed by atoms with Gasteiger partial charge in [0.15, 0.2) is 0 Å². The number of rotatable bonds is 6. The fourth-order valence-electron chi connectivity index (χ4n) is 1.64. The molecule has 4 heteroatoms. The quantitative estimate of drug-likeness (QED) is 0.739. The summed E-state index contributed by atoms with van der Waals surface area (Å²) in [4.78, 5) is 15.9. The highest BCUT2D eigenvalue weighted by molar-refractivity contribution is 6.30. The highest BCUT2D eigenvalue weighted by Gasteiger charge is 2.18. The van der Waals surface area contributed by atoms with Crippen LogP contribution in [0.2, 0.25) is 0 Å². The molecule has 1 aromatic carbocycles. The average molecular weight is 269 g/mol. The summed E-state index contributed by atoms with van der Waals surface area (Å²) in [5.41, 5.74) is 1.13. The van der Waals surface area contributed by atoms with Crippen molar-refractivity contribution in [1.82, 2.24) is 9.80 Å². The van der Waals surface area contributed by atoms with Crippen LogP contribution in [0.1, 0.15) is 12.5 Å². The van der Waals surface area contributed by atoms with Crippen molar-refractivity contribution in [2.45, 2.75) is 18.8 Å². The third-order valence-electron chi connectivity index (χ3n) is 2.69. The SMILES string of the molecule is CC(Cl)C(=O)N(CCN(C)C)Cc1ccccc1. The summed E-state index contributed by atoms with van der Waals surface area (Å²) in [6.07, 6.45) is 0. The van der Waals surface area contributed by atoms with Crippen LogP contribution >= 0.6 is 11.6 Å². The van der Waals surface area contributed by atoms with Crippen molar-refractivity contribution >= 4 is 17.5 Å². The van der Waals surface area contributed by atoms with Gasteiger partial charge in [-0.2, -0.15) is 0 Å². The van der Waals surface area contributed by atoms with Crippen LogP contribution < -0.4 is 0 Å². The van der Waals surface area contributed by atoms with E-state index in [1.165, 1.54) is 0 Å². The molecule has 1 amide bonds. The Morgan fingerprint density at radius 3 is 2.33 bits per heavy atom. The number of alkyl halides is 1. The van der Waals surface area contributed by atoms with Gasteiger partial charge in [-0.1, -0.05) is 30.3 Å². The lowest BCUT2D eigenvalue weighted by atomic mass is 10.2. The summed E-state index contributed by atoms with van der Waals surface area (Å²) in [6.45, 7) is 3.86. The summed E-state index contributed by atoms with van der Waals surface area (Å²) >= 11 is 5.90. The number of hydrogen-bond donors (Lipinski definition) is 0. The third-order valence-corrected chi connectivity index (χ3v) is 2.87. The molecule has 3 nitrogen and oxygen atoms in total. The van der Waals surface area contributed by atoms with Gasteiger partial charge in [-0.05, 0) is 26.6 Å². The van der Waals surface area contributed by atoms with Crippen molar-refractivity contribution in [2.24, 2.45) is 0 Å². The van der Waals surface area contributed by atoms with E-state index < -0.39 is 5.38 Å². The number of benzene rings is 1. The average Bonchev–Trinajstić information content (AvgIpc) is 2.34. The maximum Gasteiger partial charge on any atom is 0.240 e. The standard InChI is InChI=1S/C14H21ClN2O/c1-12(15)14(18)17(10-9-16(2)3)11-13-7-5-4-6-8-13/h4-8,12H,9-11H2,1-3H3. The van der Waals surface area contributed by atoms with Gasteiger partial charge in [-0.25, -0.2) is 0 Å². The first kappa shape index (κ1) is 15.0. The van der Waals surface area contributed by atoms with E-state index in [-0.39, 0.29) is 5.91 Å². The molecule has 0 bridgehead atoms. The van der Waals surface area contributed by atoms with Gasteiger partial charge in [-0.15, -0.1) is 11.6 Å². The zero-order chi connectivity index (χ0) is 13.5. The fraction of sp³-hybridized carbons (Fsp3) is 0.500. The molecule has 1 aromatic rings. The molecule has 0 radical (unpaired) electrons. The normalized spacial score (nSPS) is 12.5. The van der Waals surface area contributed by atoms with E-state index in [0.29, 0.717) is 13.1 Å². The molecule has 0 aliphatic carbocycles. The molecular weight excluding hydrogens is 248 g/mol. The molecule has 0 heterocycles. The van der Waals surface area contributed by atoms with Crippen LogP contribution in [0.25, 0.3) is 0 Å². The van der Waals surface area contributed by atoms with Crippen molar-refractivity contribution in [3.63, 3.8) is 0 Å². The summed E-state index contributed by atoms with van der Waals surface area (Å²) < 4.78 is 0. The van der Waals surface area contributed by atoms with Gasteiger partial charge < -0.3 is 9.80 Å². The molecule has 0 fully saturated rings. The number of nitrogens with zero attached hydrogens (tertiary/aromatic N) is 2. The van der Waals surface area contributed by atoms with E-state index in [0.717, 1.165) is 12.1 Å². The largest absolute Gasteiger partial charge is 0.336 e.